The van der Waals surface area contributed by atoms with E-state index in [1.807, 2.05) is 36.1 Å². The van der Waals surface area contributed by atoms with Crippen LogP contribution in [0, 0.1) is 30.6 Å². The highest BCUT2D eigenvalue weighted by molar-refractivity contribution is 6.31. The molecule has 0 aromatic heterocycles. The lowest BCUT2D eigenvalue weighted by Crippen LogP contribution is -2.59. The molecule has 2 bridgehead atoms. The number of nitrogens with zero attached hydrogens (tertiary/aromatic N) is 1. The number of fused-ring (bicyclic) bond motifs is 1. The van der Waals surface area contributed by atoms with Crippen LogP contribution in [-0.4, -0.2) is 52.5 Å². The molecule has 3 heterocycles. The summed E-state index contributed by atoms with van der Waals surface area (Å²) in [6, 6.07) is 4.68. The SMILES string of the molecule is Cc1ccc(NC(=O)[C@@H]2[C@@H]3C=C[C@]4(O3)[C@@H]2C(=O)N(C2CCCCCC2)[C@H]4C(=O)N[C@@H]2CCC[C@H](C)[C@H]2C)cc1Cl. The van der Waals surface area contributed by atoms with Gasteiger partial charge in [-0.15, -0.1) is 0 Å². The van der Waals surface area contributed by atoms with Crippen LogP contribution in [-0.2, 0) is 19.1 Å². The molecule has 3 amide bonds. The summed E-state index contributed by atoms with van der Waals surface area (Å²) in [6.45, 7) is 6.38. The number of hydrogen-bond acceptors (Lipinski definition) is 4. The molecule has 7 nitrogen and oxygen atoms in total. The summed E-state index contributed by atoms with van der Waals surface area (Å²) in [7, 11) is 0. The van der Waals surface area contributed by atoms with E-state index in [-0.39, 0.29) is 29.8 Å². The molecule has 1 aromatic rings. The quantitative estimate of drug-likeness (QED) is 0.368. The van der Waals surface area contributed by atoms with Crippen LogP contribution in [0.25, 0.3) is 0 Å². The maximum absolute atomic E-state index is 14.4. The van der Waals surface area contributed by atoms with Gasteiger partial charge in [0.15, 0.2) is 0 Å². The van der Waals surface area contributed by atoms with Crippen molar-refractivity contribution in [2.45, 2.75) is 108 Å². The first-order valence-corrected chi connectivity index (χ1v) is 15.7. The Morgan fingerprint density at radius 1 is 1.02 bits per heavy atom. The predicted octanol–water partition coefficient (Wildman–Crippen LogP) is 5.40. The maximum atomic E-state index is 14.4. The third kappa shape index (κ3) is 4.57. The number of nitrogens with one attached hydrogen (secondary N) is 2. The summed E-state index contributed by atoms with van der Waals surface area (Å²) in [6.07, 6.45) is 12.6. The molecule has 4 fully saturated rings. The Morgan fingerprint density at radius 2 is 1.77 bits per heavy atom. The van der Waals surface area contributed by atoms with Crippen molar-refractivity contribution >= 4 is 35.0 Å². The van der Waals surface area contributed by atoms with E-state index >= 15 is 0 Å². The molecular formula is C32H42ClN3O4. The van der Waals surface area contributed by atoms with Crippen molar-refractivity contribution in [3.05, 3.63) is 40.9 Å². The summed E-state index contributed by atoms with van der Waals surface area (Å²) < 4.78 is 6.57. The van der Waals surface area contributed by atoms with Gasteiger partial charge in [0, 0.05) is 22.8 Å². The minimum Gasteiger partial charge on any atom is -0.359 e. The largest absolute Gasteiger partial charge is 0.359 e. The maximum Gasteiger partial charge on any atom is 0.246 e. The molecule has 1 spiro atoms. The molecule has 8 heteroatoms. The number of carbonyl (C=O) groups excluding carboxylic acids is 3. The second kappa shape index (κ2) is 10.8. The van der Waals surface area contributed by atoms with E-state index in [2.05, 4.69) is 24.5 Å². The van der Waals surface area contributed by atoms with E-state index in [9.17, 15) is 14.4 Å². The van der Waals surface area contributed by atoms with Gasteiger partial charge < -0.3 is 20.3 Å². The Balaban J connectivity index is 1.32. The van der Waals surface area contributed by atoms with Gasteiger partial charge in [0.05, 0.1) is 17.9 Å². The molecule has 1 aromatic carbocycles. The summed E-state index contributed by atoms with van der Waals surface area (Å²) in [5.74, 6) is -1.07. The topological polar surface area (TPSA) is 87.7 Å². The summed E-state index contributed by atoms with van der Waals surface area (Å²) in [5.41, 5.74) is 0.377. The number of benzene rings is 1. The number of carbonyl (C=O) groups is 3. The van der Waals surface area contributed by atoms with Crippen LogP contribution in [0.3, 0.4) is 0 Å². The lowest BCUT2D eigenvalue weighted by molar-refractivity contribution is -0.144. The van der Waals surface area contributed by atoms with Crippen molar-refractivity contribution in [1.82, 2.24) is 10.2 Å². The number of anilines is 1. The van der Waals surface area contributed by atoms with Crippen molar-refractivity contribution in [3.63, 3.8) is 0 Å². The zero-order valence-electron chi connectivity index (χ0n) is 23.8. The molecule has 0 unspecified atom stereocenters. The van der Waals surface area contributed by atoms with Crippen LogP contribution < -0.4 is 10.6 Å². The van der Waals surface area contributed by atoms with Crippen LogP contribution in [0.4, 0.5) is 5.69 Å². The van der Waals surface area contributed by atoms with E-state index in [1.165, 1.54) is 6.42 Å². The smallest absolute Gasteiger partial charge is 0.246 e. The van der Waals surface area contributed by atoms with Gasteiger partial charge in [-0.3, -0.25) is 14.4 Å². The van der Waals surface area contributed by atoms with E-state index in [1.54, 1.807) is 6.07 Å². The van der Waals surface area contributed by atoms with Gasteiger partial charge in [-0.2, -0.15) is 0 Å². The van der Waals surface area contributed by atoms with E-state index < -0.39 is 29.6 Å². The monoisotopic (exact) mass is 567 g/mol. The van der Waals surface area contributed by atoms with Crippen LogP contribution in [0.2, 0.25) is 5.02 Å². The summed E-state index contributed by atoms with van der Waals surface area (Å²) >= 11 is 6.31. The fourth-order valence-electron chi connectivity index (χ4n) is 8.08. The van der Waals surface area contributed by atoms with Crippen LogP contribution in [0.5, 0.6) is 0 Å². The van der Waals surface area contributed by atoms with E-state index in [4.69, 9.17) is 16.3 Å². The molecular weight excluding hydrogens is 526 g/mol. The Bertz CT molecular complexity index is 1210. The Hall–Kier alpha value is -2.38. The van der Waals surface area contributed by atoms with Crippen molar-refractivity contribution in [2.24, 2.45) is 23.7 Å². The highest BCUT2D eigenvalue weighted by atomic mass is 35.5. The Morgan fingerprint density at radius 3 is 2.50 bits per heavy atom. The molecule has 216 valence electrons. The van der Waals surface area contributed by atoms with Crippen LogP contribution in [0.1, 0.15) is 77.2 Å². The molecule has 3 aliphatic heterocycles. The van der Waals surface area contributed by atoms with E-state index in [0.29, 0.717) is 22.5 Å². The molecule has 2 saturated carbocycles. The number of likely N-dealkylation sites (tertiary alicyclic amines) is 1. The van der Waals surface area contributed by atoms with Gasteiger partial charge in [-0.05, 0) is 55.7 Å². The minimum absolute atomic E-state index is 0.0240. The standard InChI is InChI=1S/C32H42ClN3O4/c1-18-9-8-12-24(20(18)3)35-30(38)28-32-16-15-25(40-32)26(29(37)34-21-14-13-19(2)23(33)17-21)27(32)31(39)36(28)22-10-6-4-5-7-11-22/h13-18,20,22,24-28H,4-12H2,1-3H3,(H,34,37)(H,35,38)/t18-,20+,24+,25-,26+,27-,28-,32-/m0/s1. The molecule has 2 aliphatic carbocycles. The number of halogens is 1. The second-order valence-corrected chi connectivity index (χ2v) is 13.3. The van der Waals surface area contributed by atoms with E-state index in [0.717, 1.165) is 56.9 Å². The fraction of sp³-hybridized carbons (Fsp3) is 0.656. The lowest BCUT2D eigenvalue weighted by atomic mass is 9.73. The summed E-state index contributed by atoms with van der Waals surface area (Å²) in [5, 5.41) is 6.92. The van der Waals surface area contributed by atoms with Gasteiger partial charge in [-0.25, -0.2) is 0 Å². The normalized spacial score (nSPS) is 37.4. The highest BCUT2D eigenvalue weighted by Crippen LogP contribution is 2.56. The molecule has 2 saturated heterocycles. The van der Waals surface area contributed by atoms with Crippen molar-refractivity contribution < 1.29 is 19.1 Å². The highest BCUT2D eigenvalue weighted by Gasteiger charge is 2.73. The number of hydrogen-bond donors (Lipinski definition) is 2. The molecule has 6 rings (SSSR count). The number of rotatable bonds is 5. The fourth-order valence-corrected chi connectivity index (χ4v) is 8.26. The molecule has 2 N–H and O–H groups in total. The first-order valence-electron chi connectivity index (χ1n) is 15.3. The van der Waals surface area contributed by atoms with Gasteiger partial charge in [-0.1, -0.05) is 82.2 Å². The average Bonchev–Trinajstić information content (AvgIpc) is 3.47. The Labute approximate surface area is 242 Å². The molecule has 40 heavy (non-hydrogen) atoms. The van der Waals surface area contributed by atoms with Gasteiger partial charge in [0.2, 0.25) is 17.7 Å². The zero-order chi connectivity index (χ0) is 28.2. The number of aryl methyl sites for hydroxylation is 1. The third-order valence-corrected chi connectivity index (χ3v) is 11.0. The van der Waals surface area contributed by atoms with Crippen molar-refractivity contribution in [3.8, 4) is 0 Å². The van der Waals surface area contributed by atoms with Crippen molar-refractivity contribution in [1.29, 1.82) is 0 Å². The van der Waals surface area contributed by atoms with Gasteiger partial charge in [0.1, 0.15) is 11.6 Å². The predicted molar refractivity (Wildman–Crippen MR) is 155 cm³/mol. The molecule has 0 radical (unpaired) electrons. The second-order valence-electron chi connectivity index (χ2n) is 12.9. The third-order valence-electron chi connectivity index (χ3n) is 10.6. The number of amides is 3. The number of ether oxygens (including phenoxy) is 1. The van der Waals surface area contributed by atoms with Gasteiger partial charge in [0.25, 0.3) is 0 Å². The zero-order valence-corrected chi connectivity index (χ0v) is 24.6. The van der Waals surface area contributed by atoms with Crippen LogP contribution in [0.15, 0.2) is 30.4 Å². The molecule has 8 atom stereocenters. The minimum atomic E-state index is -1.13. The summed E-state index contributed by atoms with van der Waals surface area (Å²) in [4.78, 5) is 44.3. The van der Waals surface area contributed by atoms with Gasteiger partial charge >= 0.3 is 0 Å². The average molecular weight is 568 g/mol. The Kier molecular flexibility index (Phi) is 7.49. The van der Waals surface area contributed by atoms with Crippen LogP contribution >= 0.6 is 11.6 Å². The molecule has 5 aliphatic rings. The first kappa shape index (κ1) is 27.8. The lowest BCUT2D eigenvalue weighted by Gasteiger charge is -2.40. The first-order chi connectivity index (χ1) is 19.2. The van der Waals surface area contributed by atoms with Crippen molar-refractivity contribution in [2.75, 3.05) is 5.32 Å².